The lowest BCUT2D eigenvalue weighted by Crippen LogP contribution is -2.43. The van der Waals surface area contributed by atoms with Crippen LogP contribution < -0.4 is 5.32 Å². The van der Waals surface area contributed by atoms with Gasteiger partial charge in [0.25, 0.3) is 0 Å². The van der Waals surface area contributed by atoms with Crippen LogP contribution in [0.5, 0.6) is 0 Å². The van der Waals surface area contributed by atoms with E-state index in [4.69, 9.17) is 14.5 Å². The summed E-state index contributed by atoms with van der Waals surface area (Å²) in [6.07, 6.45) is 3.51. The first kappa shape index (κ1) is 21.7. The topological polar surface area (TPSA) is 81.0 Å². The molecule has 1 aromatic carbocycles. The Hall–Kier alpha value is -2.56. The van der Waals surface area contributed by atoms with Crippen LogP contribution in [0.25, 0.3) is 0 Å². The fourth-order valence-corrected chi connectivity index (χ4v) is 4.28. The molecule has 1 atom stereocenters. The minimum absolute atomic E-state index is 0.380. The minimum Gasteiger partial charge on any atom is -0.466 e. The molecule has 8 nitrogen and oxygen atoms in total. The third-order valence-corrected chi connectivity index (χ3v) is 5.99. The second-order valence-corrected chi connectivity index (χ2v) is 8.16. The molecule has 0 amide bonds. The SMILES string of the molecule is COC(=O)C1=C(CN2CCOCC2)NC(c2nccn2C)=NC1c1ccc(F)cc1Br. The van der Waals surface area contributed by atoms with Gasteiger partial charge in [-0.3, -0.25) is 9.89 Å². The van der Waals surface area contributed by atoms with Crippen molar-refractivity contribution in [1.82, 2.24) is 19.8 Å². The van der Waals surface area contributed by atoms with E-state index in [-0.39, 0.29) is 5.82 Å². The largest absolute Gasteiger partial charge is 0.466 e. The fraction of sp³-hybridized carbons (Fsp3) is 0.381. The molecule has 1 aromatic heterocycles. The molecule has 0 aliphatic carbocycles. The maximum absolute atomic E-state index is 13.8. The Morgan fingerprint density at radius 1 is 1.39 bits per heavy atom. The van der Waals surface area contributed by atoms with E-state index in [9.17, 15) is 9.18 Å². The Bertz CT molecular complexity index is 1050. The number of hydrogen-bond acceptors (Lipinski definition) is 7. The van der Waals surface area contributed by atoms with Crippen molar-refractivity contribution in [2.24, 2.45) is 12.0 Å². The number of rotatable bonds is 5. The molecule has 1 fully saturated rings. The average Bonchev–Trinajstić information content (AvgIpc) is 3.19. The van der Waals surface area contributed by atoms with Gasteiger partial charge in [-0.2, -0.15) is 0 Å². The number of esters is 1. The van der Waals surface area contributed by atoms with Gasteiger partial charge in [-0.05, 0) is 17.7 Å². The molecule has 4 rings (SSSR count). The first-order chi connectivity index (χ1) is 15.0. The second-order valence-electron chi connectivity index (χ2n) is 7.31. The van der Waals surface area contributed by atoms with Crippen LogP contribution in [0.4, 0.5) is 4.39 Å². The number of halogens is 2. The zero-order valence-corrected chi connectivity index (χ0v) is 18.9. The van der Waals surface area contributed by atoms with Crippen molar-refractivity contribution in [1.29, 1.82) is 0 Å². The van der Waals surface area contributed by atoms with Crippen molar-refractivity contribution in [3.8, 4) is 0 Å². The molecule has 0 radical (unpaired) electrons. The number of carbonyl (C=O) groups excluding carboxylic acids is 1. The van der Waals surface area contributed by atoms with Gasteiger partial charge in [-0.15, -0.1) is 0 Å². The van der Waals surface area contributed by atoms with Crippen LogP contribution >= 0.6 is 15.9 Å². The predicted molar refractivity (Wildman–Crippen MR) is 116 cm³/mol. The number of imidazole rings is 1. The van der Waals surface area contributed by atoms with E-state index in [2.05, 4.69) is 31.1 Å². The van der Waals surface area contributed by atoms with Crippen LogP contribution in [0.3, 0.4) is 0 Å². The lowest BCUT2D eigenvalue weighted by Gasteiger charge is -2.32. The van der Waals surface area contributed by atoms with Gasteiger partial charge in [0, 0.05) is 49.2 Å². The summed E-state index contributed by atoms with van der Waals surface area (Å²) in [6, 6.07) is 3.66. The van der Waals surface area contributed by atoms with Crippen LogP contribution in [0, 0.1) is 5.82 Å². The summed E-state index contributed by atoms with van der Waals surface area (Å²) in [5, 5.41) is 3.31. The highest BCUT2D eigenvalue weighted by Gasteiger charge is 2.34. The van der Waals surface area contributed by atoms with Crippen LogP contribution in [-0.4, -0.2) is 66.2 Å². The Balaban J connectivity index is 1.83. The lowest BCUT2D eigenvalue weighted by atomic mass is 9.95. The maximum Gasteiger partial charge on any atom is 0.338 e. The number of nitrogens with one attached hydrogen (secondary N) is 1. The van der Waals surface area contributed by atoms with E-state index >= 15 is 0 Å². The fourth-order valence-electron chi connectivity index (χ4n) is 3.71. The number of methoxy groups -OCH3 is 1. The van der Waals surface area contributed by atoms with Crippen LogP contribution in [0.1, 0.15) is 17.4 Å². The van der Waals surface area contributed by atoms with Crippen LogP contribution in [0.15, 0.2) is 51.3 Å². The number of morpholine rings is 1. The molecule has 3 heterocycles. The van der Waals surface area contributed by atoms with Gasteiger partial charge in [0.15, 0.2) is 11.7 Å². The Morgan fingerprint density at radius 2 is 2.16 bits per heavy atom. The third kappa shape index (κ3) is 4.56. The summed E-state index contributed by atoms with van der Waals surface area (Å²) >= 11 is 3.43. The molecule has 10 heteroatoms. The highest BCUT2D eigenvalue weighted by molar-refractivity contribution is 9.10. The molecular weight excluding hydrogens is 469 g/mol. The van der Waals surface area contributed by atoms with Gasteiger partial charge in [0.2, 0.25) is 0 Å². The number of amidine groups is 1. The molecule has 2 aliphatic heterocycles. The number of nitrogens with zero attached hydrogens (tertiary/aromatic N) is 4. The Kier molecular flexibility index (Phi) is 6.49. The van der Waals surface area contributed by atoms with Gasteiger partial charge < -0.3 is 19.4 Å². The normalized spacial score (nSPS) is 19.7. The van der Waals surface area contributed by atoms with Gasteiger partial charge in [0.05, 0.1) is 25.9 Å². The summed E-state index contributed by atoms with van der Waals surface area (Å²) in [4.78, 5) is 24.3. The Labute approximate surface area is 187 Å². The molecule has 2 aliphatic rings. The standard InChI is InChI=1S/C21H23BrFN5O3/c1-27-6-5-24-20(27)19-25-16(12-28-7-9-31-10-8-28)17(21(29)30-2)18(26-19)14-4-3-13(23)11-15(14)22/h3-6,11,18H,7-10,12H2,1-2H3,(H,25,26). The van der Waals surface area contributed by atoms with Crippen molar-refractivity contribution in [3.05, 3.63) is 63.5 Å². The number of aryl methyl sites for hydroxylation is 1. The highest BCUT2D eigenvalue weighted by atomic mass is 79.9. The summed E-state index contributed by atoms with van der Waals surface area (Å²) < 4.78 is 26.7. The predicted octanol–water partition coefficient (Wildman–Crippen LogP) is 2.17. The number of ether oxygens (including phenoxy) is 2. The van der Waals surface area contributed by atoms with E-state index in [0.717, 1.165) is 13.1 Å². The van der Waals surface area contributed by atoms with Crippen molar-refractivity contribution >= 4 is 27.7 Å². The number of benzene rings is 1. The quantitative estimate of drug-likeness (QED) is 0.645. The molecule has 1 N–H and O–H groups in total. The van der Waals surface area contributed by atoms with E-state index in [0.29, 0.717) is 52.7 Å². The van der Waals surface area contributed by atoms with E-state index in [1.807, 2.05) is 17.8 Å². The molecule has 0 saturated carbocycles. The minimum atomic E-state index is -0.689. The third-order valence-electron chi connectivity index (χ3n) is 5.31. The van der Waals surface area contributed by atoms with Crippen molar-refractivity contribution in [3.63, 3.8) is 0 Å². The number of aromatic nitrogens is 2. The second kappa shape index (κ2) is 9.29. The first-order valence-electron chi connectivity index (χ1n) is 9.87. The monoisotopic (exact) mass is 491 g/mol. The molecule has 1 saturated heterocycles. The van der Waals surface area contributed by atoms with Gasteiger partial charge in [-0.1, -0.05) is 22.0 Å². The van der Waals surface area contributed by atoms with Gasteiger partial charge >= 0.3 is 5.97 Å². The van der Waals surface area contributed by atoms with E-state index in [1.165, 1.54) is 19.2 Å². The zero-order valence-electron chi connectivity index (χ0n) is 17.3. The first-order valence-corrected chi connectivity index (χ1v) is 10.7. The lowest BCUT2D eigenvalue weighted by molar-refractivity contribution is -0.136. The Morgan fingerprint density at radius 3 is 2.81 bits per heavy atom. The molecule has 2 aromatic rings. The molecule has 0 bridgehead atoms. The molecular formula is C21H23BrFN5O3. The highest BCUT2D eigenvalue weighted by Crippen LogP contribution is 2.36. The molecule has 31 heavy (non-hydrogen) atoms. The zero-order chi connectivity index (χ0) is 22.0. The van der Waals surface area contributed by atoms with Crippen LogP contribution in [-0.2, 0) is 21.3 Å². The summed E-state index contributed by atoms with van der Waals surface area (Å²) in [5.41, 5.74) is 1.73. The van der Waals surface area contributed by atoms with Gasteiger partial charge in [-0.25, -0.2) is 14.2 Å². The van der Waals surface area contributed by atoms with Gasteiger partial charge in [0.1, 0.15) is 11.9 Å². The smallest absolute Gasteiger partial charge is 0.338 e. The number of hydrogen-bond donors (Lipinski definition) is 1. The van der Waals surface area contributed by atoms with Crippen molar-refractivity contribution in [2.75, 3.05) is 40.0 Å². The van der Waals surface area contributed by atoms with Crippen molar-refractivity contribution < 1.29 is 18.7 Å². The summed E-state index contributed by atoms with van der Waals surface area (Å²) in [6.45, 7) is 3.26. The molecule has 1 unspecified atom stereocenters. The summed E-state index contributed by atoms with van der Waals surface area (Å²) in [5.74, 6) is 0.297. The summed E-state index contributed by atoms with van der Waals surface area (Å²) in [7, 11) is 3.22. The maximum atomic E-state index is 13.8. The molecule has 164 valence electrons. The number of aliphatic imine (C=N–C) groups is 1. The van der Waals surface area contributed by atoms with Crippen LogP contribution in [0.2, 0.25) is 0 Å². The van der Waals surface area contributed by atoms with E-state index < -0.39 is 12.0 Å². The average molecular weight is 492 g/mol. The van der Waals surface area contributed by atoms with E-state index in [1.54, 1.807) is 12.3 Å². The molecule has 0 spiro atoms. The van der Waals surface area contributed by atoms with Crippen molar-refractivity contribution in [2.45, 2.75) is 6.04 Å². The number of carbonyl (C=O) groups is 1.